The minimum atomic E-state index is 0.244. The number of allylic oxidation sites excluding steroid dienone is 2. The maximum atomic E-state index is 9.38. The molecule has 0 aliphatic carbocycles. The van der Waals surface area contributed by atoms with Crippen LogP contribution < -0.4 is 0 Å². The third-order valence-electron chi connectivity index (χ3n) is 3.19. The van der Waals surface area contributed by atoms with Gasteiger partial charge < -0.3 is 5.11 Å². The average molecular weight is 258 g/mol. The molecule has 0 heterocycles. The predicted octanol–water partition coefficient (Wildman–Crippen LogP) is 4.83. The van der Waals surface area contributed by atoms with Crippen molar-refractivity contribution in [2.75, 3.05) is 6.61 Å². The second kappa shape index (κ2) is 10.6. The fourth-order valence-electron chi connectivity index (χ4n) is 2.01. The van der Waals surface area contributed by atoms with Crippen molar-refractivity contribution in [3.05, 3.63) is 54.1 Å². The highest BCUT2D eigenvalue weighted by Crippen LogP contribution is 2.13. The molecule has 0 saturated carbocycles. The van der Waals surface area contributed by atoms with Gasteiger partial charge in [-0.2, -0.15) is 0 Å². The minimum Gasteiger partial charge on any atom is -0.396 e. The number of aliphatic hydroxyl groups is 1. The van der Waals surface area contributed by atoms with Crippen molar-refractivity contribution in [1.82, 2.24) is 0 Å². The van der Waals surface area contributed by atoms with Gasteiger partial charge in [0.1, 0.15) is 0 Å². The molecule has 1 nitrogen and oxygen atoms in total. The molecule has 0 bridgehead atoms. The lowest BCUT2D eigenvalue weighted by Crippen LogP contribution is -2.02. The monoisotopic (exact) mass is 258 g/mol. The van der Waals surface area contributed by atoms with Gasteiger partial charge in [-0.1, -0.05) is 68.0 Å². The van der Waals surface area contributed by atoms with Gasteiger partial charge >= 0.3 is 0 Å². The van der Waals surface area contributed by atoms with E-state index in [0.717, 1.165) is 19.3 Å². The minimum absolute atomic E-state index is 0.244. The summed E-state index contributed by atoms with van der Waals surface area (Å²) in [6, 6.07) is 10.3. The van der Waals surface area contributed by atoms with Crippen molar-refractivity contribution < 1.29 is 5.11 Å². The molecule has 0 saturated heterocycles. The molecule has 104 valence electrons. The largest absolute Gasteiger partial charge is 0.396 e. The molecule has 0 aliphatic heterocycles. The Morgan fingerprint density at radius 2 is 1.89 bits per heavy atom. The molecule has 1 atom stereocenters. The van der Waals surface area contributed by atoms with Gasteiger partial charge in [0, 0.05) is 12.5 Å². The lowest BCUT2D eigenvalue weighted by Gasteiger charge is -2.08. The molecule has 0 radical (unpaired) electrons. The second-order valence-corrected chi connectivity index (χ2v) is 4.88. The van der Waals surface area contributed by atoms with Gasteiger partial charge in [-0.05, 0) is 31.2 Å². The third-order valence-corrected chi connectivity index (χ3v) is 3.19. The van der Waals surface area contributed by atoms with Gasteiger partial charge in [0.2, 0.25) is 0 Å². The van der Waals surface area contributed by atoms with Gasteiger partial charge in [0.05, 0.1) is 0 Å². The number of rotatable bonds is 9. The normalized spacial score (nSPS) is 13.4. The third kappa shape index (κ3) is 7.63. The summed E-state index contributed by atoms with van der Waals surface area (Å²) in [5, 5.41) is 9.38. The quantitative estimate of drug-likeness (QED) is 0.496. The standard InChI is InChI=1S/C18H26O/c1-2-3-4-5-6-8-13-18(16-19)15-14-17-11-9-7-10-12-17/h3-4,7,9-12,14-15,18-19H,2,5-6,8,13,16H2,1H3/b4-3-,15-14+/t18-/m1/s1. The topological polar surface area (TPSA) is 20.2 Å². The maximum absolute atomic E-state index is 9.38. The molecular formula is C18H26O. The van der Waals surface area contributed by atoms with E-state index in [1.54, 1.807) is 0 Å². The molecule has 1 N–H and O–H groups in total. The summed E-state index contributed by atoms with van der Waals surface area (Å²) in [7, 11) is 0. The Bertz CT molecular complexity index is 365. The molecule has 0 amide bonds. The Kier molecular flexibility index (Phi) is 8.74. The van der Waals surface area contributed by atoms with E-state index in [1.165, 1.54) is 18.4 Å². The maximum Gasteiger partial charge on any atom is 0.0493 e. The van der Waals surface area contributed by atoms with Crippen LogP contribution in [0.1, 0.15) is 44.6 Å². The highest BCUT2D eigenvalue weighted by molar-refractivity contribution is 5.48. The molecule has 1 heteroatoms. The van der Waals surface area contributed by atoms with E-state index in [2.05, 4.69) is 43.4 Å². The first-order valence-electron chi connectivity index (χ1n) is 7.36. The molecule has 0 aromatic heterocycles. The summed E-state index contributed by atoms with van der Waals surface area (Å²) in [5.41, 5.74) is 1.20. The van der Waals surface area contributed by atoms with Crippen LogP contribution >= 0.6 is 0 Å². The van der Waals surface area contributed by atoms with Gasteiger partial charge in [-0.15, -0.1) is 0 Å². The van der Waals surface area contributed by atoms with Crippen LogP contribution in [-0.4, -0.2) is 11.7 Å². The van der Waals surface area contributed by atoms with Gasteiger partial charge in [-0.25, -0.2) is 0 Å². The van der Waals surface area contributed by atoms with Crippen LogP contribution in [0.4, 0.5) is 0 Å². The number of hydrogen-bond donors (Lipinski definition) is 1. The van der Waals surface area contributed by atoms with E-state index in [9.17, 15) is 5.11 Å². The highest BCUT2D eigenvalue weighted by atomic mass is 16.3. The number of hydrogen-bond acceptors (Lipinski definition) is 1. The van der Waals surface area contributed by atoms with E-state index < -0.39 is 0 Å². The van der Waals surface area contributed by atoms with E-state index in [0.29, 0.717) is 0 Å². The summed E-state index contributed by atoms with van der Waals surface area (Å²) in [6.45, 7) is 2.40. The molecule has 1 aromatic rings. The number of unbranched alkanes of at least 4 members (excludes halogenated alkanes) is 2. The molecule has 0 spiro atoms. The van der Waals surface area contributed by atoms with Crippen LogP contribution in [0.5, 0.6) is 0 Å². The van der Waals surface area contributed by atoms with Crippen LogP contribution in [-0.2, 0) is 0 Å². The number of aliphatic hydroxyl groups excluding tert-OH is 1. The zero-order valence-electron chi connectivity index (χ0n) is 12.0. The zero-order chi connectivity index (χ0) is 13.8. The first-order chi connectivity index (χ1) is 9.36. The van der Waals surface area contributed by atoms with Crippen molar-refractivity contribution in [2.24, 2.45) is 5.92 Å². The van der Waals surface area contributed by atoms with E-state index in [4.69, 9.17) is 0 Å². The molecule has 0 unspecified atom stereocenters. The van der Waals surface area contributed by atoms with Crippen LogP contribution in [0.2, 0.25) is 0 Å². The molecular weight excluding hydrogens is 232 g/mol. The molecule has 1 aromatic carbocycles. The first-order valence-corrected chi connectivity index (χ1v) is 7.36. The Morgan fingerprint density at radius 1 is 1.11 bits per heavy atom. The lowest BCUT2D eigenvalue weighted by atomic mass is 10.0. The Balaban J connectivity index is 2.26. The molecule has 1 rings (SSSR count). The van der Waals surface area contributed by atoms with Crippen molar-refractivity contribution in [1.29, 1.82) is 0 Å². The SMILES string of the molecule is CC/C=C\CCCC[C@H](/C=C/c1ccccc1)CO. The predicted molar refractivity (Wildman–Crippen MR) is 84.0 cm³/mol. The van der Waals surface area contributed by atoms with Crippen molar-refractivity contribution in [2.45, 2.75) is 39.0 Å². The zero-order valence-corrected chi connectivity index (χ0v) is 12.0. The van der Waals surface area contributed by atoms with E-state index in [1.807, 2.05) is 18.2 Å². The summed E-state index contributed by atoms with van der Waals surface area (Å²) in [5.74, 6) is 0.287. The Hall–Kier alpha value is -1.34. The summed E-state index contributed by atoms with van der Waals surface area (Å²) < 4.78 is 0. The summed E-state index contributed by atoms with van der Waals surface area (Å²) in [4.78, 5) is 0. The van der Waals surface area contributed by atoms with Crippen LogP contribution in [0.3, 0.4) is 0 Å². The molecule has 0 fully saturated rings. The van der Waals surface area contributed by atoms with Crippen molar-refractivity contribution in [3.8, 4) is 0 Å². The van der Waals surface area contributed by atoms with Crippen LogP contribution in [0.15, 0.2) is 48.6 Å². The summed E-state index contributed by atoms with van der Waals surface area (Å²) in [6.07, 6.45) is 14.5. The van der Waals surface area contributed by atoms with Gasteiger partial charge in [0.15, 0.2) is 0 Å². The Labute approximate surface area is 117 Å². The molecule has 19 heavy (non-hydrogen) atoms. The Morgan fingerprint density at radius 3 is 2.58 bits per heavy atom. The van der Waals surface area contributed by atoms with Crippen LogP contribution in [0.25, 0.3) is 6.08 Å². The summed E-state index contributed by atoms with van der Waals surface area (Å²) >= 11 is 0. The second-order valence-electron chi connectivity index (χ2n) is 4.88. The lowest BCUT2D eigenvalue weighted by molar-refractivity contribution is 0.244. The number of benzene rings is 1. The average Bonchev–Trinajstić information content (AvgIpc) is 2.47. The van der Waals surface area contributed by atoms with Crippen molar-refractivity contribution >= 4 is 6.08 Å². The molecule has 0 aliphatic rings. The highest BCUT2D eigenvalue weighted by Gasteiger charge is 2.02. The fourth-order valence-corrected chi connectivity index (χ4v) is 2.01. The van der Waals surface area contributed by atoms with Crippen molar-refractivity contribution in [3.63, 3.8) is 0 Å². The fraction of sp³-hybridized carbons (Fsp3) is 0.444. The van der Waals surface area contributed by atoms with Gasteiger partial charge in [-0.3, -0.25) is 0 Å². The van der Waals surface area contributed by atoms with Gasteiger partial charge in [0.25, 0.3) is 0 Å². The first kappa shape index (κ1) is 15.7. The van der Waals surface area contributed by atoms with E-state index >= 15 is 0 Å². The smallest absolute Gasteiger partial charge is 0.0493 e. The van der Waals surface area contributed by atoms with Crippen LogP contribution in [0, 0.1) is 5.92 Å². The van der Waals surface area contributed by atoms with E-state index in [-0.39, 0.29) is 12.5 Å².